The van der Waals surface area contributed by atoms with Crippen molar-refractivity contribution in [3.63, 3.8) is 0 Å². The Morgan fingerprint density at radius 2 is 1.71 bits per heavy atom. The summed E-state index contributed by atoms with van der Waals surface area (Å²) in [6.45, 7) is 4.34. The van der Waals surface area contributed by atoms with Gasteiger partial charge in [0.15, 0.2) is 0 Å². The molecule has 2 aliphatic rings. The molecular weight excluding hydrogens is 393 g/mol. The van der Waals surface area contributed by atoms with Crippen LogP contribution in [0.5, 0.6) is 0 Å². The highest BCUT2D eigenvalue weighted by Crippen LogP contribution is 2.30. The largest absolute Gasteiger partial charge is 0.371 e. The highest BCUT2D eigenvalue weighted by molar-refractivity contribution is 6.33. The van der Waals surface area contributed by atoms with Gasteiger partial charge in [0, 0.05) is 43.4 Å². The number of nitrogens with zero attached hydrogens (tertiary/aromatic N) is 2. The molecule has 0 aromatic heterocycles. The van der Waals surface area contributed by atoms with Crippen molar-refractivity contribution >= 4 is 40.5 Å². The predicted molar refractivity (Wildman–Crippen MR) is 117 cm³/mol. The van der Waals surface area contributed by atoms with E-state index >= 15 is 0 Å². The highest BCUT2D eigenvalue weighted by atomic mass is 35.5. The minimum absolute atomic E-state index is 0.0324. The molecule has 2 aromatic rings. The number of benzene rings is 2. The van der Waals surface area contributed by atoms with Crippen LogP contribution in [-0.4, -0.2) is 38.6 Å². The van der Waals surface area contributed by atoms with E-state index in [0.29, 0.717) is 5.92 Å². The summed E-state index contributed by atoms with van der Waals surface area (Å²) < 4.78 is 0. The minimum atomic E-state index is 0.0324. The van der Waals surface area contributed by atoms with E-state index in [4.69, 9.17) is 23.2 Å². The van der Waals surface area contributed by atoms with E-state index in [1.54, 1.807) is 0 Å². The second kappa shape index (κ2) is 8.62. The fraction of sp³-hybridized carbons (Fsp3) is 0.409. The van der Waals surface area contributed by atoms with Gasteiger partial charge >= 0.3 is 0 Å². The normalized spacial score (nSPS) is 21.9. The molecule has 2 aromatic carbocycles. The number of halogens is 2. The molecule has 0 bridgehead atoms. The lowest BCUT2D eigenvalue weighted by atomic mass is 10.1. The molecule has 1 N–H and O–H groups in total. The summed E-state index contributed by atoms with van der Waals surface area (Å²) in [6, 6.07) is 15.8. The molecule has 2 unspecified atom stereocenters. The van der Waals surface area contributed by atoms with Crippen LogP contribution in [0, 0.1) is 11.8 Å². The molecule has 0 radical (unpaired) electrons. The van der Waals surface area contributed by atoms with Gasteiger partial charge in [0.1, 0.15) is 0 Å². The number of carbonyl (C=O) groups is 1. The molecule has 2 fully saturated rings. The lowest BCUT2D eigenvalue weighted by Gasteiger charge is -2.20. The molecule has 2 atom stereocenters. The standard InChI is InChI=1S/C22H25Cl2N3O/c23-18-5-7-19(8-6-18)26-11-9-16(14-26)13-25-22(28)17-10-12-27(15-17)21-4-2-1-3-20(21)24/h1-8,16-17H,9-15H2,(H,25,28). The maximum Gasteiger partial charge on any atom is 0.224 e. The Balaban J connectivity index is 1.25. The van der Waals surface area contributed by atoms with Crippen LogP contribution in [-0.2, 0) is 4.79 Å². The SMILES string of the molecule is O=C(NCC1CCN(c2ccc(Cl)cc2)C1)C1CCN(c2ccccc2Cl)C1. The Bertz CT molecular complexity index is 827. The van der Waals surface area contributed by atoms with Crippen molar-refractivity contribution in [2.75, 3.05) is 42.5 Å². The number of carbonyl (C=O) groups excluding carboxylic acids is 1. The minimum Gasteiger partial charge on any atom is -0.371 e. The summed E-state index contributed by atoms with van der Waals surface area (Å²) >= 11 is 12.3. The molecule has 4 rings (SSSR count). The number of amides is 1. The molecule has 2 aliphatic heterocycles. The second-order valence-electron chi connectivity index (χ2n) is 7.71. The van der Waals surface area contributed by atoms with Gasteiger partial charge in [0.05, 0.1) is 16.6 Å². The van der Waals surface area contributed by atoms with E-state index in [0.717, 1.165) is 61.3 Å². The van der Waals surface area contributed by atoms with E-state index in [2.05, 4.69) is 27.2 Å². The van der Waals surface area contributed by atoms with E-state index < -0.39 is 0 Å². The number of anilines is 2. The molecule has 28 heavy (non-hydrogen) atoms. The van der Waals surface area contributed by atoms with Crippen molar-refractivity contribution in [3.05, 3.63) is 58.6 Å². The first-order chi connectivity index (χ1) is 13.6. The molecule has 148 valence electrons. The van der Waals surface area contributed by atoms with Crippen LogP contribution >= 0.6 is 23.2 Å². The maximum absolute atomic E-state index is 12.7. The summed E-state index contributed by atoms with van der Waals surface area (Å²) in [5.41, 5.74) is 2.22. The predicted octanol–water partition coefficient (Wildman–Crippen LogP) is 4.46. The summed E-state index contributed by atoms with van der Waals surface area (Å²) in [6.07, 6.45) is 1.97. The Kier molecular flexibility index (Phi) is 5.98. The van der Waals surface area contributed by atoms with Gasteiger partial charge in [-0.05, 0) is 55.2 Å². The van der Waals surface area contributed by atoms with Gasteiger partial charge in [0.2, 0.25) is 5.91 Å². The molecule has 4 nitrogen and oxygen atoms in total. The van der Waals surface area contributed by atoms with Gasteiger partial charge in [-0.1, -0.05) is 35.3 Å². The lowest BCUT2D eigenvalue weighted by Crippen LogP contribution is -2.36. The first kappa shape index (κ1) is 19.4. The number of hydrogen-bond acceptors (Lipinski definition) is 3. The van der Waals surface area contributed by atoms with E-state index in [1.807, 2.05) is 36.4 Å². The molecule has 2 saturated heterocycles. The molecule has 1 amide bonds. The Hall–Kier alpha value is -1.91. The number of para-hydroxylation sites is 1. The third-order valence-corrected chi connectivity index (χ3v) is 6.37. The molecule has 6 heteroatoms. The van der Waals surface area contributed by atoms with Gasteiger partial charge in [-0.3, -0.25) is 4.79 Å². The van der Waals surface area contributed by atoms with Gasteiger partial charge in [0.25, 0.3) is 0 Å². The summed E-state index contributed by atoms with van der Waals surface area (Å²) in [5, 5.41) is 4.69. The van der Waals surface area contributed by atoms with E-state index in [1.165, 1.54) is 5.69 Å². The van der Waals surface area contributed by atoms with Crippen LogP contribution in [0.4, 0.5) is 11.4 Å². The average molecular weight is 418 g/mol. The molecular formula is C22H25Cl2N3O. The van der Waals surface area contributed by atoms with Gasteiger partial charge in [-0.25, -0.2) is 0 Å². The zero-order chi connectivity index (χ0) is 19.5. The van der Waals surface area contributed by atoms with Crippen molar-refractivity contribution in [2.24, 2.45) is 11.8 Å². The molecule has 0 saturated carbocycles. The quantitative estimate of drug-likeness (QED) is 0.779. The Labute approximate surface area is 176 Å². The van der Waals surface area contributed by atoms with Crippen LogP contribution in [0.1, 0.15) is 12.8 Å². The topological polar surface area (TPSA) is 35.6 Å². The average Bonchev–Trinajstić information content (AvgIpc) is 3.37. The zero-order valence-corrected chi connectivity index (χ0v) is 17.3. The molecule has 0 aliphatic carbocycles. The second-order valence-corrected chi connectivity index (χ2v) is 8.55. The smallest absolute Gasteiger partial charge is 0.224 e. The van der Waals surface area contributed by atoms with Crippen LogP contribution in [0.25, 0.3) is 0 Å². The fourth-order valence-electron chi connectivity index (χ4n) is 4.18. The number of nitrogens with one attached hydrogen (secondary N) is 1. The third-order valence-electron chi connectivity index (χ3n) is 5.79. The third kappa shape index (κ3) is 4.39. The zero-order valence-electron chi connectivity index (χ0n) is 15.8. The van der Waals surface area contributed by atoms with Crippen molar-refractivity contribution < 1.29 is 4.79 Å². The monoisotopic (exact) mass is 417 g/mol. The van der Waals surface area contributed by atoms with E-state index in [9.17, 15) is 4.79 Å². The van der Waals surface area contributed by atoms with Crippen molar-refractivity contribution in [1.29, 1.82) is 0 Å². The first-order valence-corrected chi connectivity index (χ1v) is 10.6. The lowest BCUT2D eigenvalue weighted by molar-refractivity contribution is -0.124. The Morgan fingerprint density at radius 3 is 2.50 bits per heavy atom. The van der Waals surface area contributed by atoms with Gasteiger partial charge < -0.3 is 15.1 Å². The highest BCUT2D eigenvalue weighted by Gasteiger charge is 2.30. The molecule has 2 heterocycles. The van der Waals surface area contributed by atoms with Crippen molar-refractivity contribution in [3.8, 4) is 0 Å². The Morgan fingerprint density at radius 1 is 0.964 bits per heavy atom. The maximum atomic E-state index is 12.7. The number of rotatable bonds is 5. The summed E-state index contributed by atoms with van der Waals surface area (Å²) in [5.74, 6) is 0.685. The summed E-state index contributed by atoms with van der Waals surface area (Å²) in [4.78, 5) is 17.2. The van der Waals surface area contributed by atoms with Crippen LogP contribution < -0.4 is 15.1 Å². The molecule has 0 spiro atoms. The van der Waals surface area contributed by atoms with Crippen LogP contribution in [0.2, 0.25) is 10.0 Å². The van der Waals surface area contributed by atoms with Crippen molar-refractivity contribution in [1.82, 2.24) is 5.32 Å². The first-order valence-electron chi connectivity index (χ1n) is 9.88. The van der Waals surface area contributed by atoms with Crippen LogP contribution in [0.15, 0.2) is 48.5 Å². The van der Waals surface area contributed by atoms with Crippen molar-refractivity contribution in [2.45, 2.75) is 12.8 Å². The van der Waals surface area contributed by atoms with E-state index in [-0.39, 0.29) is 11.8 Å². The van der Waals surface area contributed by atoms with Gasteiger partial charge in [-0.2, -0.15) is 0 Å². The number of hydrogen-bond donors (Lipinski definition) is 1. The van der Waals surface area contributed by atoms with Gasteiger partial charge in [-0.15, -0.1) is 0 Å². The fourth-order valence-corrected chi connectivity index (χ4v) is 4.56. The van der Waals surface area contributed by atoms with Crippen LogP contribution in [0.3, 0.4) is 0 Å². The summed E-state index contributed by atoms with van der Waals surface area (Å²) in [7, 11) is 0.